The van der Waals surface area contributed by atoms with Crippen LogP contribution in [0.15, 0.2) is 18.2 Å². The summed E-state index contributed by atoms with van der Waals surface area (Å²) in [5.41, 5.74) is 8.24. The van der Waals surface area contributed by atoms with Gasteiger partial charge in [-0.25, -0.2) is 0 Å². The number of carbonyl (C=O) groups is 1. The number of carbonyl (C=O) groups excluding carboxylic acids is 1. The van der Waals surface area contributed by atoms with E-state index >= 15 is 0 Å². The van der Waals surface area contributed by atoms with Gasteiger partial charge in [-0.05, 0) is 61.9 Å². The van der Waals surface area contributed by atoms with Crippen LogP contribution in [0.4, 0.5) is 0 Å². The van der Waals surface area contributed by atoms with Crippen LogP contribution in [0.3, 0.4) is 0 Å². The minimum Gasteiger partial charge on any atom is -0.484 e. The molecule has 0 spiro atoms. The summed E-state index contributed by atoms with van der Waals surface area (Å²) >= 11 is 0. The molecule has 0 aromatic heterocycles. The first-order chi connectivity index (χ1) is 9.70. The first-order valence-corrected chi connectivity index (χ1v) is 7.39. The Labute approximate surface area is 120 Å². The average molecular weight is 276 g/mol. The van der Waals surface area contributed by atoms with Crippen LogP contribution >= 0.6 is 0 Å². The molecular weight excluding hydrogens is 252 g/mol. The number of nitrogens with zero attached hydrogens (tertiary/aromatic N) is 1. The van der Waals surface area contributed by atoms with Crippen LogP contribution in [0.25, 0.3) is 0 Å². The van der Waals surface area contributed by atoms with Crippen molar-refractivity contribution in [1.82, 2.24) is 4.90 Å². The van der Waals surface area contributed by atoms with Crippen LogP contribution in [0.2, 0.25) is 0 Å². The second-order valence-electron chi connectivity index (χ2n) is 5.38. The van der Waals surface area contributed by atoms with Crippen molar-refractivity contribution in [2.24, 2.45) is 5.73 Å². The predicted octanol–water partition coefficient (Wildman–Crippen LogP) is 1.75. The summed E-state index contributed by atoms with van der Waals surface area (Å²) in [6.45, 7) is 1.38. The molecule has 1 aromatic carbocycles. The normalized spacial score (nSPS) is 13.7. The molecule has 110 valence electrons. The predicted molar refractivity (Wildman–Crippen MR) is 79.9 cm³/mol. The summed E-state index contributed by atoms with van der Waals surface area (Å²) in [5.74, 6) is 0.794. The number of rotatable bonds is 6. The summed E-state index contributed by atoms with van der Waals surface area (Å²) in [6, 6.07) is 6.19. The number of aryl methyl sites for hydroxylation is 2. The summed E-state index contributed by atoms with van der Waals surface area (Å²) < 4.78 is 5.61. The number of nitrogens with two attached hydrogens (primary N) is 1. The van der Waals surface area contributed by atoms with Gasteiger partial charge in [0.1, 0.15) is 5.75 Å². The zero-order chi connectivity index (χ0) is 14.4. The van der Waals surface area contributed by atoms with Gasteiger partial charge < -0.3 is 15.4 Å². The lowest BCUT2D eigenvalue weighted by atomic mass is 9.92. The van der Waals surface area contributed by atoms with E-state index in [1.54, 1.807) is 11.9 Å². The molecule has 1 aliphatic rings. The van der Waals surface area contributed by atoms with Crippen molar-refractivity contribution in [2.75, 3.05) is 26.7 Å². The highest BCUT2D eigenvalue weighted by Gasteiger charge is 2.12. The third-order valence-corrected chi connectivity index (χ3v) is 3.81. The van der Waals surface area contributed by atoms with E-state index in [2.05, 4.69) is 12.1 Å². The molecule has 1 amide bonds. The molecular formula is C16H24N2O2. The SMILES string of the molecule is CN(CCCN)C(=O)COc1ccc2c(c1)CCCC2. The topological polar surface area (TPSA) is 55.6 Å². The molecule has 0 unspecified atom stereocenters. The molecule has 0 saturated heterocycles. The second-order valence-corrected chi connectivity index (χ2v) is 5.38. The second kappa shape index (κ2) is 7.29. The van der Waals surface area contributed by atoms with Crippen molar-refractivity contribution >= 4 is 5.91 Å². The van der Waals surface area contributed by atoms with Crippen LogP contribution in [0.5, 0.6) is 5.75 Å². The molecule has 1 aliphatic carbocycles. The van der Waals surface area contributed by atoms with E-state index in [4.69, 9.17) is 10.5 Å². The largest absolute Gasteiger partial charge is 0.484 e. The molecule has 0 heterocycles. The lowest BCUT2D eigenvalue weighted by Gasteiger charge is -2.19. The zero-order valence-electron chi connectivity index (χ0n) is 12.2. The van der Waals surface area contributed by atoms with Crippen molar-refractivity contribution in [3.8, 4) is 5.75 Å². The van der Waals surface area contributed by atoms with Gasteiger partial charge in [-0.15, -0.1) is 0 Å². The van der Waals surface area contributed by atoms with Gasteiger partial charge in [-0.3, -0.25) is 4.79 Å². The number of fused-ring (bicyclic) bond motifs is 1. The van der Waals surface area contributed by atoms with Gasteiger partial charge in [0, 0.05) is 13.6 Å². The van der Waals surface area contributed by atoms with E-state index in [0.29, 0.717) is 13.1 Å². The molecule has 2 N–H and O–H groups in total. The van der Waals surface area contributed by atoms with E-state index in [0.717, 1.165) is 25.0 Å². The third-order valence-electron chi connectivity index (χ3n) is 3.81. The molecule has 1 aromatic rings. The average Bonchev–Trinajstić information content (AvgIpc) is 2.50. The number of likely N-dealkylation sites (N-methyl/N-ethyl adjacent to an activating group) is 1. The van der Waals surface area contributed by atoms with Gasteiger partial charge in [-0.1, -0.05) is 6.07 Å². The summed E-state index contributed by atoms with van der Waals surface area (Å²) in [5, 5.41) is 0. The Morgan fingerprint density at radius 3 is 2.80 bits per heavy atom. The maximum absolute atomic E-state index is 11.9. The fourth-order valence-electron chi connectivity index (χ4n) is 2.51. The van der Waals surface area contributed by atoms with Crippen molar-refractivity contribution in [2.45, 2.75) is 32.1 Å². The van der Waals surface area contributed by atoms with Crippen molar-refractivity contribution in [1.29, 1.82) is 0 Å². The van der Waals surface area contributed by atoms with Crippen LogP contribution in [-0.2, 0) is 17.6 Å². The van der Waals surface area contributed by atoms with E-state index in [1.807, 2.05) is 6.07 Å². The fraction of sp³-hybridized carbons (Fsp3) is 0.562. The monoisotopic (exact) mass is 276 g/mol. The highest BCUT2D eigenvalue weighted by Crippen LogP contribution is 2.25. The summed E-state index contributed by atoms with van der Waals surface area (Å²) in [7, 11) is 1.79. The van der Waals surface area contributed by atoms with Crippen molar-refractivity contribution in [3.63, 3.8) is 0 Å². The standard InChI is InChI=1S/C16H24N2O2/c1-18(10-4-9-17)16(19)12-20-15-8-7-13-5-2-3-6-14(13)11-15/h7-8,11H,2-6,9-10,12,17H2,1H3. The highest BCUT2D eigenvalue weighted by atomic mass is 16.5. The van der Waals surface area contributed by atoms with E-state index < -0.39 is 0 Å². The highest BCUT2D eigenvalue weighted by molar-refractivity contribution is 5.77. The van der Waals surface area contributed by atoms with Crippen LogP contribution in [0.1, 0.15) is 30.4 Å². The number of ether oxygens (including phenoxy) is 1. The van der Waals surface area contributed by atoms with Crippen molar-refractivity contribution in [3.05, 3.63) is 29.3 Å². The zero-order valence-corrected chi connectivity index (χ0v) is 12.2. The number of amides is 1. The van der Waals surface area contributed by atoms with Gasteiger partial charge in [-0.2, -0.15) is 0 Å². The van der Waals surface area contributed by atoms with Crippen LogP contribution in [-0.4, -0.2) is 37.6 Å². The molecule has 0 atom stereocenters. The molecule has 4 heteroatoms. The molecule has 0 aliphatic heterocycles. The molecule has 0 saturated carbocycles. The molecule has 4 nitrogen and oxygen atoms in total. The Kier molecular flexibility index (Phi) is 5.41. The maximum atomic E-state index is 11.9. The van der Waals surface area contributed by atoms with Crippen molar-refractivity contribution < 1.29 is 9.53 Å². The van der Waals surface area contributed by atoms with E-state index in [-0.39, 0.29) is 12.5 Å². The van der Waals surface area contributed by atoms with Crippen LogP contribution < -0.4 is 10.5 Å². The number of hydrogen-bond acceptors (Lipinski definition) is 3. The smallest absolute Gasteiger partial charge is 0.260 e. The first kappa shape index (κ1) is 14.9. The van der Waals surface area contributed by atoms with E-state index in [9.17, 15) is 4.79 Å². The van der Waals surface area contributed by atoms with Gasteiger partial charge >= 0.3 is 0 Å². The van der Waals surface area contributed by atoms with Gasteiger partial charge in [0.25, 0.3) is 5.91 Å². The number of hydrogen-bond donors (Lipinski definition) is 1. The summed E-state index contributed by atoms with van der Waals surface area (Å²) in [6.07, 6.45) is 5.63. The molecule has 2 rings (SSSR count). The summed E-state index contributed by atoms with van der Waals surface area (Å²) in [4.78, 5) is 13.5. The lowest BCUT2D eigenvalue weighted by molar-refractivity contribution is -0.132. The quantitative estimate of drug-likeness (QED) is 0.861. The Bertz CT molecular complexity index is 460. The molecule has 20 heavy (non-hydrogen) atoms. The van der Waals surface area contributed by atoms with Crippen LogP contribution in [0, 0.1) is 0 Å². The lowest BCUT2D eigenvalue weighted by Crippen LogP contribution is -2.33. The third kappa shape index (κ3) is 3.97. The van der Waals surface area contributed by atoms with E-state index in [1.165, 1.54) is 24.0 Å². The maximum Gasteiger partial charge on any atom is 0.260 e. The molecule has 0 fully saturated rings. The Morgan fingerprint density at radius 1 is 1.30 bits per heavy atom. The van der Waals surface area contributed by atoms with Gasteiger partial charge in [0.05, 0.1) is 0 Å². The fourth-order valence-corrected chi connectivity index (χ4v) is 2.51. The minimum atomic E-state index is -0.00355. The van der Waals surface area contributed by atoms with Gasteiger partial charge in [0.15, 0.2) is 6.61 Å². The minimum absolute atomic E-state index is 0.00355. The molecule has 0 bridgehead atoms. The Morgan fingerprint density at radius 2 is 2.05 bits per heavy atom. The van der Waals surface area contributed by atoms with Gasteiger partial charge in [0.2, 0.25) is 0 Å². The Balaban J connectivity index is 1.86. The number of benzene rings is 1. The first-order valence-electron chi connectivity index (χ1n) is 7.39. The Hall–Kier alpha value is -1.55. The molecule has 0 radical (unpaired) electrons.